The van der Waals surface area contributed by atoms with Crippen LogP contribution in [0.1, 0.15) is 316 Å². The number of hydrogen-bond acceptors (Lipinski definition) is 6. The van der Waals surface area contributed by atoms with E-state index < -0.39 is 6.10 Å². The van der Waals surface area contributed by atoms with Crippen molar-refractivity contribution in [1.29, 1.82) is 0 Å². The topological polar surface area (TPSA) is 78.9 Å². The van der Waals surface area contributed by atoms with E-state index in [0.717, 1.165) is 109 Å². The van der Waals surface area contributed by atoms with Gasteiger partial charge in [0.2, 0.25) is 0 Å². The van der Waals surface area contributed by atoms with Gasteiger partial charge >= 0.3 is 17.9 Å². The molecule has 432 valence electrons. The van der Waals surface area contributed by atoms with Crippen molar-refractivity contribution in [3.05, 3.63) is 85.1 Å². The fourth-order valence-electron chi connectivity index (χ4n) is 9.09. The summed E-state index contributed by atoms with van der Waals surface area (Å²) in [6, 6.07) is 0. The van der Waals surface area contributed by atoms with Gasteiger partial charge in [-0.25, -0.2) is 0 Å². The molecule has 0 rings (SSSR count). The monoisotopic (exact) mass is 1040 g/mol. The molecule has 0 N–H and O–H groups in total. The minimum Gasteiger partial charge on any atom is -0.462 e. The molecule has 0 aliphatic carbocycles. The summed E-state index contributed by atoms with van der Waals surface area (Å²) >= 11 is 0. The van der Waals surface area contributed by atoms with Crippen molar-refractivity contribution in [2.24, 2.45) is 0 Å². The van der Waals surface area contributed by atoms with Crippen LogP contribution in [-0.4, -0.2) is 37.2 Å². The van der Waals surface area contributed by atoms with Gasteiger partial charge in [-0.05, 0) is 96.3 Å². The normalized spacial score (nSPS) is 12.6. The third-order valence-electron chi connectivity index (χ3n) is 13.9. The summed E-state index contributed by atoms with van der Waals surface area (Å²) in [7, 11) is 0. The number of unbranched alkanes of at least 4 members (excludes halogenated alkanes) is 33. The van der Waals surface area contributed by atoms with Gasteiger partial charge in [0.1, 0.15) is 13.2 Å². The number of ether oxygens (including phenoxy) is 3. The fourth-order valence-corrected chi connectivity index (χ4v) is 9.09. The highest BCUT2D eigenvalue weighted by molar-refractivity contribution is 5.71. The highest BCUT2D eigenvalue weighted by Gasteiger charge is 2.19. The molecular formula is C69H120O6. The summed E-state index contributed by atoms with van der Waals surface area (Å²) in [6.07, 6.45) is 83.0. The van der Waals surface area contributed by atoms with E-state index in [2.05, 4.69) is 106 Å². The Morgan fingerprint density at radius 1 is 0.280 bits per heavy atom. The average Bonchev–Trinajstić information content (AvgIpc) is 3.41. The van der Waals surface area contributed by atoms with Crippen LogP contribution in [0.4, 0.5) is 0 Å². The van der Waals surface area contributed by atoms with Crippen molar-refractivity contribution >= 4 is 17.9 Å². The SMILES string of the molecule is CC/C=C\C/C=C\C/C=C\C/C=C\C/C=C\CCCCCC(=O)O[C@H](COC(=O)CCCCCCCCC/C=C\C/C=C\CCCCC)COC(=O)CCCCCCCCCCCCCCCCCCCCCCC. The fraction of sp³-hybridized carbons (Fsp3) is 0.754. The van der Waals surface area contributed by atoms with Crippen LogP contribution in [0.3, 0.4) is 0 Å². The molecule has 1 atom stereocenters. The lowest BCUT2D eigenvalue weighted by Gasteiger charge is -2.18. The van der Waals surface area contributed by atoms with Gasteiger partial charge in [-0.1, -0.05) is 286 Å². The first-order valence-corrected chi connectivity index (χ1v) is 32.1. The van der Waals surface area contributed by atoms with E-state index in [1.54, 1.807) is 0 Å². The smallest absolute Gasteiger partial charge is 0.306 e. The van der Waals surface area contributed by atoms with Gasteiger partial charge in [0.15, 0.2) is 6.10 Å². The summed E-state index contributed by atoms with van der Waals surface area (Å²) < 4.78 is 16.9. The maximum atomic E-state index is 12.9. The second-order valence-corrected chi connectivity index (χ2v) is 21.3. The predicted molar refractivity (Wildman–Crippen MR) is 325 cm³/mol. The van der Waals surface area contributed by atoms with Crippen LogP contribution in [-0.2, 0) is 28.6 Å². The summed E-state index contributed by atoms with van der Waals surface area (Å²) in [6.45, 7) is 6.51. The third kappa shape index (κ3) is 61.3. The average molecular weight is 1050 g/mol. The molecule has 0 aromatic heterocycles. The van der Waals surface area contributed by atoms with Gasteiger partial charge in [0, 0.05) is 19.3 Å². The van der Waals surface area contributed by atoms with E-state index >= 15 is 0 Å². The lowest BCUT2D eigenvalue weighted by molar-refractivity contribution is -0.167. The molecule has 0 aromatic carbocycles. The van der Waals surface area contributed by atoms with Gasteiger partial charge < -0.3 is 14.2 Å². The van der Waals surface area contributed by atoms with Crippen LogP contribution in [0.15, 0.2) is 85.1 Å². The Bertz CT molecular complexity index is 1430. The minimum absolute atomic E-state index is 0.0901. The maximum Gasteiger partial charge on any atom is 0.306 e. The summed E-state index contributed by atoms with van der Waals surface area (Å²) in [5.41, 5.74) is 0. The molecule has 0 saturated carbocycles. The molecule has 0 aromatic rings. The molecule has 75 heavy (non-hydrogen) atoms. The third-order valence-corrected chi connectivity index (χ3v) is 13.9. The Morgan fingerprint density at radius 3 is 0.853 bits per heavy atom. The number of carbonyl (C=O) groups is 3. The van der Waals surface area contributed by atoms with Crippen molar-refractivity contribution < 1.29 is 28.6 Å². The number of hydrogen-bond donors (Lipinski definition) is 0. The van der Waals surface area contributed by atoms with Gasteiger partial charge in [-0.2, -0.15) is 0 Å². The van der Waals surface area contributed by atoms with E-state index in [0.29, 0.717) is 12.8 Å². The van der Waals surface area contributed by atoms with Gasteiger partial charge in [0.05, 0.1) is 0 Å². The highest BCUT2D eigenvalue weighted by atomic mass is 16.6. The Hall–Kier alpha value is -3.41. The quantitative estimate of drug-likeness (QED) is 0.0261. The molecule has 0 radical (unpaired) electrons. The Labute approximate surface area is 465 Å². The first-order chi connectivity index (χ1) is 37.0. The maximum absolute atomic E-state index is 12.9. The lowest BCUT2D eigenvalue weighted by atomic mass is 10.0. The van der Waals surface area contributed by atoms with E-state index in [1.807, 2.05) is 0 Å². The molecule has 6 heteroatoms. The molecular weight excluding hydrogens is 925 g/mol. The van der Waals surface area contributed by atoms with Crippen molar-refractivity contribution in [3.8, 4) is 0 Å². The van der Waals surface area contributed by atoms with E-state index in [4.69, 9.17) is 14.2 Å². The Balaban J connectivity index is 4.41. The molecule has 6 nitrogen and oxygen atoms in total. The summed E-state index contributed by atoms with van der Waals surface area (Å²) in [5, 5.41) is 0. The first-order valence-electron chi connectivity index (χ1n) is 32.1. The highest BCUT2D eigenvalue weighted by Crippen LogP contribution is 2.17. The van der Waals surface area contributed by atoms with Crippen molar-refractivity contribution in [2.75, 3.05) is 13.2 Å². The molecule has 0 aliphatic rings. The van der Waals surface area contributed by atoms with Crippen LogP contribution in [0, 0.1) is 0 Å². The molecule has 0 unspecified atom stereocenters. The van der Waals surface area contributed by atoms with Gasteiger partial charge in [-0.15, -0.1) is 0 Å². The Kier molecular flexibility index (Phi) is 60.3. The number of allylic oxidation sites excluding steroid dienone is 14. The van der Waals surface area contributed by atoms with E-state index in [-0.39, 0.29) is 37.5 Å². The molecule has 0 amide bonds. The number of carbonyl (C=O) groups excluding carboxylic acids is 3. The first kappa shape index (κ1) is 71.6. The molecule has 0 aliphatic heterocycles. The summed E-state index contributed by atoms with van der Waals surface area (Å²) in [4.78, 5) is 38.3. The molecule has 0 heterocycles. The zero-order valence-corrected chi connectivity index (χ0v) is 49.6. The Morgan fingerprint density at radius 2 is 0.520 bits per heavy atom. The molecule has 0 fully saturated rings. The zero-order chi connectivity index (χ0) is 54.3. The molecule has 0 bridgehead atoms. The van der Waals surface area contributed by atoms with E-state index in [9.17, 15) is 14.4 Å². The molecule has 0 spiro atoms. The van der Waals surface area contributed by atoms with Crippen LogP contribution in [0.5, 0.6) is 0 Å². The van der Waals surface area contributed by atoms with Crippen molar-refractivity contribution in [3.63, 3.8) is 0 Å². The lowest BCUT2D eigenvalue weighted by Crippen LogP contribution is -2.30. The predicted octanol–water partition coefficient (Wildman–Crippen LogP) is 21.9. The number of esters is 3. The largest absolute Gasteiger partial charge is 0.462 e. The second kappa shape index (κ2) is 63.1. The van der Waals surface area contributed by atoms with Crippen LogP contribution in [0.2, 0.25) is 0 Å². The van der Waals surface area contributed by atoms with E-state index in [1.165, 1.54) is 167 Å². The van der Waals surface area contributed by atoms with Crippen LogP contribution >= 0.6 is 0 Å². The second-order valence-electron chi connectivity index (χ2n) is 21.3. The minimum atomic E-state index is -0.798. The van der Waals surface area contributed by atoms with Gasteiger partial charge in [-0.3, -0.25) is 14.4 Å². The number of rotatable bonds is 58. The van der Waals surface area contributed by atoms with Crippen molar-refractivity contribution in [2.45, 2.75) is 322 Å². The van der Waals surface area contributed by atoms with Gasteiger partial charge in [0.25, 0.3) is 0 Å². The van der Waals surface area contributed by atoms with Crippen LogP contribution < -0.4 is 0 Å². The van der Waals surface area contributed by atoms with Crippen molar-refractivity contribution in [1.82, 2.24) is 0 Å². The zero-order valence-electron chi connectivity index (χ0n) is 49.6. The summed E-state index contributed by atoms with van der Waals surface area (Å²) in [5.74, 6) is -0.917. The van der Waals surface area contributed by atoms with Crippen LogP contribution in [0.25, 0.3) is 0 Å². The molecule has 0 saturated heterocycles. The standard InChI is InChI=1S/C69H120O6/c1-4-7-10-13-16-19-22-25-28-31-33-34-36-38-41-44-47-50-53-56-59-62-68(71)74-65-66(64-73-67(70)61-58-55-52-49-46-43-40-37-30-27-24-21-18-15-12-9-6-3)75-69(72)63-60-57-54-51-48-45-42-39-35-32-29-26-23-20-17-14-11-8-5-2/h8,11,17-18,20-21,26-27,29-30,35,39,45,48,66H,4-7,9-10,12-16,19,22-25,28,31-34,36-38,40-44,46-47,49-65H2,1-3H3/b11-8-,20-17-,21-18-,29-26-,30-27-,39-35-,48-45-/t66-/m1/s1.